The summed E-state index contributed by atoms with van der Waals surface area (Å²) in [6.07, 6.45) is 5.37. The number of aryl methyl sites for hydroxylation is 1. The number of pyridine rings is 2. The van der Waals surface area contributed by atoms with Gasteiger partial charge in [0.15, 0.2) is 6.23 Å². The van der Waals surface area contributed by atoms with Crippen molar-refractivity contribution in [2.75, 3.05) is 31.7 Å². The van der Waals surface area contributed by atoms with Gasteiger partial charge < -0.3 is 19.9 Å². The van der Waals surface area contributed by atoms with Crippen molar-refractivity contribution in [2.45, 2.75) is 6.23 Å². The number of carbonyl (C=O) groups is 1. The van der Waals surface area contributed by atoms with E-state index in [0.29, 0.717) is 49.2 Å². The Balaban J connectivity index is 1.67. The van der Waals surface area contributed by atoms with Gasteiger partial charge in [-0.25, -0.2) is 4.98 Å². The zero-order valence-corrected chi connectivity index (χ0v) is 16.4. The molecule has 0 fully saturated rings. The Morgan fingerprint density at radius 1 is 1.17 bits per heavy atom. The van der Waals surface area contributed by atoms with Gasteiger partial charge in [0.1, 0.15) is 12.3 Å². The van der Waals surface area contributed by atoms with Gasteiger partial charge in [-0.05, 0) is 17.7 Å². The van der Waals surface area contributed by atoms with Crippen molar-refractivity contribution in [3.63, 3.8) is 0 Å². The first-order valence-corrected chi connectivity index (χ1v) is 9.48. The summed E-state index contributed by atoms with van der Waals surface area (Å²) in [7, 11) is 1.72. The van der Waals surface area contributed by atoms with Crippen LogP contribution in [0.1, 0.15) is 22.3 Å². The zero-order chi connectivity index (χ0) is 20.9. The highest BCUT2D eigenvalue weighted by molar-refractivity contribution is 6.05. The predicted molar refractivity (Wildman–Crippen MR) is 108 cm³/mol. The normalized spacial score (nSPS) is 17.8. The number of aliphatic hydroxyl groups excluding tert-OH is 1. The molecule has 1 amide bonds. The summed E-state index contributed by atoms with van der Waals surface area (Å²) in [6.45, 7) is 1.49. The molecule has 1 unspecified atom stereocenters. The molecule has 156 valence electrons. The van der Waals surface area contributed by atoms with Gasteiger partial charge in [0.25, 0.3) is 5.91 Å². The SMILES string of the molecule is Cn1cc2c(n1)C(O)NCCOCCOc1cc(ccn1)-c1cncc(c1)C(=O)N2. The largest absolute Gasteiger partial charge is 0.475 e. The van der Waals surface area contributed by atoms with Crippen LogP contribution < -0.4 is 15.4 Å². The minimum absolute atomic E-state index is 0.318. The molecule has 0 spiro atoms. The molecule has 3 N–H and O–H groups in total. The number of hydrogen-bond donors (Lipinski definition) is 3. The molecule has 1 atom stereocenters. The van der Waals surface area contributed by atoms with E-state index >= 15 is 0 Å². The Kier molecular flexibility index (Phi) is 5.98. The first-order valence-electron chi connectivity index (χ1n) is 9.48. The van der Waals surface area contributed by atoms with Gasteiger partial charge >= 0.3 is 0 Å². The van der Waals surface area contributed by atoms with Gasteiger partial charge in [-0.15, -0.1) is 0 Å². The first-order chi connectivity index (χ1) is 14.6. The molecule has 4 rings (SSSR count). The second-order valence-electron chi connectivity index (χ2n) is 6.72. The highest BCUT2D eigenvalue weighted by Gasteiger charge is 2.19. The monoisotopic (exact) mass is 410 g/mol. The third-order valence-electron chi connectivity index (χ3n) is 4.49. The summed E-state index contributed by atoms with van der Waals surface area (Å²) in [6, 6.07) is 5.35. The number of nitrogens with zero attached hydrogens (tertiary/aromatic N) is 4. The van der Waals surface area contributed by atoms with Crippen LogP contribution in [0.15, 0.2) is 43.0 Å². The lowest BCUT2D eigenvalue weighted by atomic mass is 10.1. The Hall–Kier alpha value is -3.34. The van der Waals surface area contributed by atoms with Crippen LogP contribution in [0, 0.1) is 0 Å². The molecule has 0 aromatic carbocycles. The smallest absolute Gasteiger partial charge is 0.257 e. The van der Waals surface area contributed by atoms with E-state index in [9.17, 15) is 9.90 Å². The molecule has 30 heavy (non-hydrogen) atoms. The van der Waals surface area contributed by atoms with Crippen molar-refractivity contribution < 1.29 is 19.4 Å². The first kappa shape index (κ1) is 20.0. The highest BCUT2D eigenvalue weighted by atomic mass is 16.5. The number of aliphatic hydroxyl groups is 1. The molecule has 0 radical (unpaired) electrons. The lowest BCUT2D eigenvalue weighted by Crippen LogP contribution is -2.27. The minimum Gasteiger partial charge on any atom is -0.475 e. The van der Waals surface area contributed by atoms with E-state index in [1.807, 2.05) is 6.07 Å². The molecule has 0 saturated carbocycles. The highest BCUT2D eigenvalue weighted by Crippen LogP contribution is 2.24. The molecule has 4 heterocycles. The summed E-state index contributed by atoms with van der Waals surface area (Å²) in [4.78, 5) is 21.2. The van der Waals surface area contributed by atoms with E-state index < -0.39 is 6.23 Å². The van der Waals surface area contributed by atoms with Gasteiger partial charge in [-0.2, -0.15) is 5.10 Å². The summed E-state index contributed by atoms with van der Waals surface area (Å²) < 4.78 is 12.7. The molecule has 1 aliphatic rings. The van der Waals surface area contributed by atoms with Crippen molar-refractivity contribution in [1.82, 2.24) is 25.1 Å². The van der Waals surface area contributed by atoms with Crippen LogP contribution in [0.4, 0.5) is 5.69 Å². The number of hydrogen-bond acceptors (Lipinski definition) is 8. The molecule has 1 aliphatic heterocycles. The van der Waals surface area contributed by atoms with Crippen LogP contribution >= 0.6 is 0 Å². The molecular formula is C20H22N6O4. The molecule has 10 nitrogen and oxygen atoms in total. The lowest BCUT2D eigenvalue weighted by molar-refractivity contribution is 0.0797. The van der Waals surface area contributed by atoms with Gasteiger partial charge in [0.2, 0.25) is 5.88 Å². The average molecular weight is 410 g/mol. The van der Waals surface area contributed by atoms with Crippen LogP contribution in [0.2, 0.25) is 0 Å². The molecular weight excluding hydrogens is 388 g/mol. The third kappa shape index (κ3) is 4.62. The lowest BCUT2D eigenvalue weighted by Gasteiger charge is -2.14. The molecule has 4 bridgehead atoms. The van der Waals surface area contributed by atoms with Crippen molar-refractivity contribution in [2.24, 2.45) is 7.05 Å². The number of ether oxygens (including phenoxy) is 2. The van der Waals surface area contributed by atoms with E-state index in [1.165, 1.54) is 10.9 Å². The number of amides is 1. The molecule has 3 aromatic rings. The molecule has 0 aliphatic carbocycles. The van der Waals surface area contributed by atoms with E-state index in [2.05, 4.69) is 25.7 Å². The van der Waals surface area contributed by atoms with Crippen molar-refractivity contribution in [3.8, 4) is 17.0 Å². The van der Waals surface area contributed by atoms with E-state index in [1.54, 1.807) is 37.8 Å². The minimum atomic E-state index is -1.06. The number of anilines is 1. The standard InChI is InChI=1S/C20H22N6O4/c1-26-12-16-18(25-26)20(28)23-4-5-29-6-7-30-17-9-13(2-3-22-17)14-8-15(11-21-10-14)19(27)24-16/h2-3,8-12,20,23,28H,4-7H2,1H3,(H,24,27). The average Bonchev–Trinajstić information content (AvgIpc) is 3.12. The summed E-state index contributed by atoms with van der Waals surface area (Å²) in [5, 5.41) is 20.4. The fourth-order valence-electron chi connectivity index (χ4n) is 3.06. The number of carbonyl (C=O) groups excluding carboxylic acids is 1. The topological polar surface area (TPSA) is 123 Å². The second-order valence-corrected chi connectivity index (χ2v) is 6.72. The number of fused-ring (bicyclic) bond motifs is 6. The maximum Gasteiger partial charge on any atom is 0.257 e. The number of aromatic nitrogens is 4. The van der Waals surface area contributed by atoms with E-state index in [-0.39, 0.29) is 5.91 Å². The van der Waals surface area contributed by atoms with E-state index in [0.717, 1.165) is 11.1 Å². The van der Waals surface area contributed by atoms with Crippen LogP contribution in [0.5, 0.6) is 5.88 Å². The van der Waals surface area contributed by atoms with Crippen molar-refractivity contribution in [1.29, 1.82) is 0 Å². The summed E-state index contributed by atoms with van der Waals surface area (Å²) >= 11 is 0. The fourth-order valence-corrected chi connectivity index (χ4v) is 3.06. The predicted octanol–water partition coefficient (Wildman–Crippen LogP) is 1.12. The second kappa shape index (κ2) is 8.99. The zero-order valence-electron chi connectivity index (χ0n) is 16.4. The Morgan fingerprint density at radius 3 is 2.93 bits per heavy atom. The fraction of sp³-hybridized carbons (Fsp3) is 0.300. The maximum absolute atomic E-state index is 12.8. The van der Waals surface area contributed by atoms with Crippen LogP contribution in [0.3, 0.4) is 0 Å². The van der Waals surface area contributed by atoms with Crippen LogP contribution in [-0.2, 0) is 11.8 Å². The summed E-state index contributed by atoms with van der Waals surface area (Å²) in [5.74, 6) is 0.0985. The van der Waals surface area contributed by atoms with Gasteiger partial charge in [-0.3, -0.25) is 19.8 Å². The Morgan fingerprint density at radius 2 is 2.03 bits per heavy atom. The molecule has 0 saturated heterocycles. The number of rotatable bonds is 0. The van der Waals surface area contributed by atoms with Crippen molar-refractivity contribution >= 4 is 11.6 Å². The van der Waals surface area contributed by atoms with Crippen molar-refractivity contribution in [3.05, 3.63) is 54.2 Å². The van der Waals surface area contributed by atoms with Gasteiger partial charge in [0.05, 0.1) is 24.5 Å². The quantitative estimate of drug-likeness (QED) is 0.504. The third-order valence-corrected chi connectivity index (χ3v) is 4.49. The summed E-state index contributed by atoms with van der Waals surface area (Å²) in [5.41, 5.74) is 2.68. The van der Waals surface area contributed by atoms with Crippen LogP contribution in [0.25, 0.3) is 11.1 Å². The molecule has 10 heteroatoms. The van der Waals surface area contributed by atoms with Crippen LogP contribution in [-0.4, -0.2) is 57.1 Å². The number of nitrogens with one attached hydrogen (secondary N) is 2. The molecule has 3 aromatic heterocycles. The van der Waals surface area contributed by atoms with E-state index in [4.69, 9.17) is 9.47 Å². The Labute approximate surface area is 172 Å². The van der Waals surface area contributed by atoms with Gasteiger partial charge in [-0.1, -0.05) is 0 Å². The van der Waals surface area contributed by atoms with Gasteiger partial charge in [0, 0.05) is 50.0 Å². The maximum atomic E-state index is 12.8. The Bertz CT molecular complexity index is 1040.